The van der Waals surface area contributed by atoms with Gasteiger partial charge in [-0.25, -0.2) is 4.68 Å². The third-order valence-corrected chi connectivity index (χ3v) is 5.46. The number of methoxy groups -OCH3 is 2. The first-order valence-electron chi connectivity index (χ1n) is 9.98. The molecule has 1 heterocycles. The molecule has 1 amide bonds. The maximum atomic E-state index is 13.2. The Balaban J connectivity index is 1.66. The van der Waals surface area contributed by atoms with E-state index in [-0.39, 0.29) is 5.91 Å². The van der Waals surface area contributed by atoms with Gasteiger partial charge < -0.3 is 14.8 Å². The van der Waals surface area contributed by atoms with Crippen molar-refractivity contribution in [3.05, 3.63) is 89.6 Å². The van der Waals surface area contributed by atoms with Crippen LogP contribution in [0.25, 0.3) is 16.9 Å². The molecule has 0 spiro atoms. The highest BCUT2D eigenvalue weighted by atomic mass is 16.5. The van der Waals surface area contributed by atoms with Crippen molar-refractivity contribution in [1.29, 1.82) is 0 Å². The lowest BCUT2D eigenvalue weighted by atomic mass is 10.1. The molecule has 0 saturated carbocycles. The minimum Gasteiger partial charge on any atom is -0.493 e. The van der Waals surface area contributed by atoms with Gasteiger partial charge in [0.05, 0.1) is 25.6 Å². The van der Waals surface area contributed by atoms with Gasteiger partial charge in [0.2, 0.25) is 0 Å². The van der Waals surface area contributed by atoms with E-state index in [1.165, 1.54) is 0 Å². The van der Waals surface area contributed by atoms with E-state index < -0.39 is 0 Å². The average Bonchev–Trinajstić information content (AvgIpc) is 3.36. The van der Waals surface area contributed by atoms with Crippen LogP contribution in [0.3, 0.4) is 0 Å². The second-order valence-electron chi connectivity index (χ2n) is 7.28. The lowest BCUT2D eigenvalue weighted by Gasteiger charge is -2.12. The fourth-order valence-electron chi connectivity index (χ4n) is 4.02. The van der Waals surface area contributed by atoms with Crippen LogP contribution in [-0.2, 0) is 6.42 Å². The van der Waals surface area contributed by atoms with E-state index in [2.05, 4.69) is 5.32 Å². The van der Waals surface area contributed by atoms with Gasteiger partial charge in [-0.2, -0.15) is 5.10 Å². The minimum absolute atomic E-state index is 0.233. The molecule has 3 aromatic carbocycles. The van der Waals surface area contributed by atoms with Gasteiger partial charge in [0, 0.05) is 23.2 Å². The van der Waals surface area contributed by atoms with E-state index in [1.54, 1.807) is 14.2 Å². The van der Waals surface area contributed by atoms with Gasteiger partial charge in [0.25, 0.3) is 5.91 Å². The average molecular weight is 411 g/mol. The summed E-state index contributed by atoms with van der Waals surface area (Å²) in [6.07, 6.45) is 0.593. The highest BCUT2D eigenvalue weighted by Crippen LogP contribution is 2.44. The number of para-hydroxylation sites is 2. The van der Waals surface area contributed by atoms with Crippen LogP contribution in [0.1, 0.15) is 21.6 Å². The topological polar surface area (TPSA) is 65.4 Å². The number of hydrogen-bond acceptors (Lipinski definition) is 4. The molecule has 0 saturated heterocycles. The molecule has 4 aromatic rings. The highest BCUT2D eigenvalue weighted by Gasteiger charge is 2.32. The number of hydrogen-bond donors (Lipinski definition) is 1. The first kappa shape index (κ1) is 18.9. The quantitative estimate of drug-likeness (QED) is 0.455. The molecule has 0 unspecified atom stereocenters. The molecule has 1 aliphatic carbocycles. The molecule has 5 rings (SSSR count). The predicted octanol–water partition coefficient (Wildman–Crippen LogP) is 4.71. The maximum Gasteiger partial charge on any atom is 0.276 e. The van der Waals surface area contributed by atoms with Gasteiger partial charge in [-0.3, -0.25) is 4.79 Å². The number of amides is 1. The van der Waals surface area contributed by atoms with Crippen molar-refractivity contribution >= 4 is 11.6 Å². The molecular weight excluding hydrogens is 390 g/mol. The summed E-state index contributed by atoms with van der Waals surface area (Å²) in [5.74, 6) is 1.08. The van der Waals surface area contributed by atoms with Crippen LogP contribution in [-0.4, -0.2) is 29.9 Å². The number of benzene rings is 3. The van der Waals surface area contributed by atoms with Crippen molar-refractivity contribution in [2.45, 2.75) is 6.42 Å². The van der Waals surface area contributed by atoms with E-state index in [0.717, 1.165) is 33.8 Å². The number of aromatic nitrogens is 2. The van der Waals surface area contributed by atoms with Gasteiger partial charge in [-0.05, 0) is 42.0 Å². The molecule has 0 aliphatic heterocycles. The molecule has 1 aromatic heterocycles. The van der Waals surface area contributed by atoms with Crippen molar-refractivity contribution < 1.29 is 14.3 Å². The molecule has 0 fully saturated rings. The van der Waals surface area contributed by atoms with Crippen molar-refractivity contribution in [3.63, 3.8) is 0 Å². The minimum atomic E-state index is -0.233. The summed E-state index contributed by atoms with van der Waals surface area (Å²) in [5, 5.41) is 7.69. The number of nitrogens with one attached hydrogen (secondary N) is 1. The summed E-state index contributed by atoms with van der Waals surface area (Å²) in [4.78, 5) is 13.2. The Morgan fingerprint density at radius 1 is 0.935 bits per heavy atom. The summed E-state index contributed by atoms with van der Waals surface area (Å²) < 4.78 is 12.8. The first-order valence-corrected chi connectivity index (χ1v) is 9.98. The number of anilines is 1. The van der Waals surface area contributed by atoms with Crippen molar-refractivity contribution in [2.24, 2.45) is 0 Å². The molecule has 154 valence electrons. The van der Waals surface area contributed by atoms with Crippen LogP contribution in [0.15, 0.2) is 72.8 Å². The summed E-state index contributed by atoms with van der Waals surface area (Å²) in [6, 6.07) is 23.2. The molecular formula is C25H21N3O3. The van der Waals surface area contributed by atoms with E-state index in [0.29, 0.717) is 23.6 Å². The van der Waals surface area contributed by atoms with Crippen molar-refractivity contribution in [1.82, 2.24) is 9.78 Å². The smallest absolute Gasteiger partial charge is 0.276 e. The van der Waals surface area contributed by atoms with Crippen LogP contribution in [0.4, 0.5) is 5.69 Å². The second-order valence-corrected chi connectivity index (χ2v) is 7.28. The largest absolute Gasteiger partial charge is 0.493 e. The van der Waals surface area contributed by atoms with Crippen molar-refractivity contribution in [2.75, 3.05) is 19.5 Å². The first-order chi connectivity index (χ1) is 15.2. The number of carbonyl (C=O) groups excluding carboxylic acids is 1. The van der Waals surface area contributed by atoms with E-state index >= 15 is 0 Å². The zero-order valence-electron chi connectivity index (χ0n) is 17.3. The van der Waals surface area contributed by atoms with Crippen molar-refractivity contribution in [3.8, 4) is 28.4 Å². The summed E-state index contributed by atoms with van der Waals surface area (Å²) in [6.45, 7) is 0. The zero-order chi connectivity index (χ0) is 21.4. The zero-order valence-corrected chi connectivity index (χ0v) is 17.3. The van der Waals surface area contributed by atoms with Gasteiger partial charge in [-0.1, -0.05) is 36.4 Å². The van der Waals surface area contributed by atoms with E-state index in [9.17, 15) is 4.79 Å². The number of nitrogens with zero attached hydrogens (tertiary/aromatic N) is 2. The third-order valence-electron chi connectivity index (χ3n) is 5.46. The van der Waals surface area contributed by atoms with Crippen LogP contribution in [0, 0.1) is 0 Å². The third kappa shape index (κ3) is 3.22. The van der Waals surface area contributed by atoms with Gasteiger partial charge in [0.1, 0.15) is 0 Å². The summed E-state index contributed by atoms with van der Waals surface area (Å²) in [5.41, 5.74) is 5.89. The SMILES string of the molecule is COc1cc2c(cc1OC)-c1c(c(C(=O)Nc3ccccc3)nn1-c1ccccc1)C2. The molecule has 0 radical (unpaired) electrons. The molecule has 31 heavy (non-hydrogen) atoms. The fraction of sp³-hybridized carbons (Fsp3) is 0.120. The maximum absolute atomic E-state index is 13.2. The molecule has 1 N–H and O–H groups in total. The fourth-order valence-corrected chi connectivity index (χ4v) is 4.02. The van der Waals surface area contributed by atoms with Crippen LogP contribution >= 0.6 is 0 Å². The highest BCUT2D eigenvalue weighted by molar-refractivity contribution is 6.05. The normalized spacial score (nSPS) is 11.5. The summed E-state index contributed by atoms with van der Waals surface area (Å²) in [7, 11) is 3.24. The molecule has 0 atom stereocenters. The number of ether oxygens (including phenoxy) is 2. The lowest BCUT2D eigenvalue weighted by molar-refractivity contribution is 0.102. The number of rotatable bonds is 5. The molecule has 6 heteroatoms. The second kappa shape index (κ2) is 7.65. The van der Waals surface area contributed by atoms with Crippen LogP contribution < -0.4 is 14.8 Å². The Kier molecular flexibility index (Phi) is 4.67. The monoisotopic (exact) mass is 411 g/mol. The lowest BCUT2D eigenvalue weighted by Crippen LogP contribution is -2.15. The Labute approximate surface area is 180 Å². The number of fused-ring (bicyclic) bond motifs is 3. The molecule has 0 bridgehead atoms. The van der Waals surface area contributed by atoms with E-state index in [4.69, 9.17) is 14.6 Å². The Bertz CT molecular complexity index is 1260. The van der Waals surface area contributed by atoms with Gasteiger partial charge >= 0.3 is 0 Å². The molecule has 6 nitrogen and oxygen atoms in total. The van der Waals surface area contributed by atoms with Crippen LogP contribution in [0.5, 0.6) is 11.5 Å². The standard InChI is InChI=1S/C25H21N3O3/c1-30-21-14-16-13-20-23(25(29)26-17-9-5-3-6-10-17)27-28(18-11-7-4-8-12-18)24(20)19(16)15-22(21)31-2/h3-12,14-15H,13H2,1-2H3,(H,26,29). The van der Waals surface area contributed by atoms with Crippen LogP contribution in [0.2, 0.25) is 0 Å². The number of carbonyl (C=O) groups is 1. The Hall–Kier alpha value is -4.06. The van der Waals surface area contributed by atoms with Gasteiger partial charge in [-0.15, -0.1) is 0 Å². The molecule has 1 aliphatic rings. The van der Waals surface area contributed by atoms with Gasteiger partial charge in [0.15, 0.2) is 17.2 Å². The van der Waals surface area contributed by atoms with E-state index in [1.807, 2.05) is 77.5 Å². The Morgan fingerprint density at radius 2 is 1.58 bits per heavy atom. The predicted molar refractivity (Wildman–Crippen MR) is 119 cm³/mol. The Morgan fingerprint density at radius 3 is 2.26 bits per heavy atom. The summed E-state index contributed by atoms with van der Waals surface area (Å²) >= 11 is 0.